The number of rotatable bonds is 3. The third-order valence-electron chi connectivity index (χ3n) is 5.09. The van der Waals surface area contributed by atoms with Crippen LogP contribution in [0, 0.1) is 12.8 Å². The molecule has 9 heteroatoms. The molecule has 0 saturated heterocycles. The Labute approximate surface area is 213 Å². The first-order chi connectivity index (χ1) is 16.7. The zero-order valence-corrected chi connectivity index (χ0v) is 21.2. The maximum atomic E-state index is 13.9. The van der Waals surface area contributed by atoms with Crippen molar-refractivity contribution in [2.24, 2.45) is 7.05 Å². The van der Waals surface area contributed by atoms with Gasteiger partial charge in [-0.1, -0.05) is 29.8 Å². The van der Waals surface area contributed by atoms with Crippen LogP contribution in [0.25, 0.3) is 21.9 Å². The largest absolute Gasteiger partial charge is 0.487 e. The lowest BCUT2D eigenvalue weighted by molar-refractivity contribution is -0.136. The van der Waals surface area contributed by atoms with Crippen molar-refractivity contribution in [1.82, 2.24) is 4.57 Å². The molecule has 0 atom stereocenters. The van der Waals surface area contributed by atoms with Gasteiger partial charge in [-0.3, -0.25) is 9.59 Å². The molecule has 0 aliphatic carbocycles. The Hall–Kier alpha value is -3.41. The average Bonchev–Trinajstić information content (AvgIpc) is 2.78. The molecule has 0 spiro atoms. The fourth-order valence-corrected chi connectivity index (χ4v) is 4.07. The van der Waals surface area contributed by atoms with Crippen molar-refractivity contribution in [2.75, 3.05) is 6.61 Å². The number of carboxylic acid groups (broad SMARTS) is 1. The highest BCUT2D eigenvalue weighted by molar-refractivity contribution is 6.35. The molecular weight excluding hydrogens is 492 g/mol. The molecule has 0 bridgehead atoms. The Kier molecular flexibility index (Phi) is 8.89. The van der Waals surface area contributed by atoms with E-state index in [-0.39, 0.29) is 27.6 Å². The number of aromatic nitrogens is 1. The van der Waals surface area contributed by atoms with E-state index in [4.69, 9.17) is 21.4 Å². The second kappa shape index (κ2) is 11.1. The first-order valence-corrected chi connectivity index (χ1v) is 11.3. The van der Waals surface area contributed by atoms with E-state index in [1.54, 1.807) is 57.2 Å². The van der Waals surface area contributed by atoms with E-state index in [1.165, 1.54) is 11.6 Å². The minimum Gasteiger partial charge on any atom is -0.487 e. The number of benzene rings is 2. The fraction of sp³-hybridized carbons (Fsp3) is 0.333. The number of aliphatic carboxylic acids is 1. The molecule has 2 N–H and O–H groups in total. The maximum Gasteiger partial charge on any atom is 0.309 e. The van der Waals surface area contributed by atoms with Crippen molar-refractivity contribution in [3.8, 4) is 29.7 Å². The van der Waals surface area contributed by atoms with E-state index in [0.717, 1.165) is 0 Å². The van der Waals surface area contributed by atoms with Crippen molar-refractivity contribution in [3.63, 3.8) is 0 Å². The second-order valence-electron chi connectivity index (χ2n) is 9.20. The van der Waals surface area contributed by atoms with Crippen LogP contribution < -0.4 is 10.3 Å². The van der Waals surface area contributed by atoms with E-state index in [0.29, 0.717) is 21.9 Å². The molecule has 4 rings (SSSR count). The quantitative estimate of drug-likeness (QED) is 0.471. The molecule has 2 heterocycles. The number of aliphatic hydroxyl groups is 1. The number of fused-ring (bicyclic) bond motifs is 2. The van der Waals surface area contributed by atoms with Gasteiger partial charge in [0.2, 0.25) is 0 Å². The zero-order chi connectivity index (χ0) is 27.4. The summed E-state index contributed by atoms with van der Waals surface area (Å²) in [5.41, 5.74) is 0.386. The minimum atomic E-state index is -3.05. The van der Waals surface area contributed by atoms with E-state index < -0.39 is 36.9 Å². The standard InChI is InChI=1S/C21H16ClF2NO4.C4H10O.C2H2/c1-25-15(8-17(26)27)18(11-4-2-3-5-12(11)20(25)28)13-6-7-16-14(19(13)22)9-21(23,24)10-29-16;1-4(2,3)5;1-2/h2-7H,8-10H2,1H3,(H,26,27);5H,1-3H3;1-2H. The van der Waals surface area contributed by atoms with Gasteiger partial charge in [0.25, 0.3) is 11.5 Å². The molecule has 0 saturated carbocycles. The molecule has 1 aromatic heterocycles. The number of halogens is 3. The first-order valence-electron chi connectivity index (χ1n) is 10.9. The fourth-order valence-electron chi connectivity index (χ4n) is 3.75. The van der Waals surface area contributed by atoms with E-state index in [9.17, 15) is 23.5 Å². The number of hydrogen-bond acceptors (Lipinski definition) is 4. The summed E-state index contributed by atoms with van der Waals surface area (Å²) < 4.78 is 34.2. The number of alkyl halides is 2. The first kappa shape index (κ1) is 28.8. The van der Waals surface area contributed by atoms with E-state index >= 15 is 0 Å². The summed E-state index contributed by atoms with van der Waals surface area (Å²) in [6.07, 6.45) is 7.00. The molecule has 192 valence electrons. The topological polar surface area (TPSA) is 88.8 Å². The molecule has 1 aliphatic heterocycles. The third-order valence-corrected chi connectivity index (χ3v) is 5.52. The predicted molar refractivity (Wildman–Crippen MR) is 137 cm³/mol. The number of ether oxygens (including phenoxy) is 1. The zero-order valence-electron chi connectivity index (χ0n) is 20.4. The van der Waals surface area contributed by atoms with E-state index in [1.807, 2.05) is 0 Å². The summed E-state index contributed by atoms with van der Waals surface area (Å²) in [5, 5.41) is 18.9. The minimum absolute atomic E-state index is 0.0670. The van der Waals surface area contributed by atoms with Gasteiger partial charge >= 0.3 is 5.97 Å². The lowest BCUT2D eigenvalue weighted by atomic mass is 9.92. The molecule has 2 aromatic carbocycles. The number of carboxylic acids is 1. The van der Waals surface area contributed by atoms with Gasteiger partial charge in [0.05, 0.1) is 17.0 Å². The van der Waals surface area contributed by atoms with E-state index in [2.05, 4.69) is 12.8 Å². The molecule has 0 radical (unpaired) electrons. The lowest BCUT2D eigenvalue weighted by Crippen LogP contribution is -2.32. The molecule has 36 heavy (non-hydrogen) atoms. The van der Waals surface area contributed by atoms with Crippen LogP contribution in [0.2, 0.25) is 5.02 Å². The summed E-state index contributed by atoms with van der Waals surface area (Å²) in [6, 6.07) is 9.92. The van der Waals surface area contributed by atoms with Gasteiger partial charge < -0.3 is 19.5 Å². The Morgan fingerprint density at radius 1 is 1.17 bits per heavy atom. The Balaban J connectivity index is 0.000000583. The van der Waals surface area contributed by atoms with Crippen LogP contribution in [-0.4, -0.2) is 38.9 Å². The molecule has 6 nitrogen and oxygen atoms in total. The van der Waals surface area contributed by atoms with Gasteiger partial charge in [0.15, 0.2) is 6.61 Å². The van der Waals surface area contributed by atoms with Crippen LogP contribution in [0.15, 0.2) is 41.2 Å². The number of terminal acetylenes is 1. The summed E-state index contributed by atoms with van der Waals surface area (Å²) in [7, 11) is 1.49. The molecule has 0 amide bonds. The second-order valence-corrected chi connectivity index (χ2v) is 9.58. The Morgan fingerprint density at radius 3 is 2.28 bits per heavy atom. The van der Waals surface area contributed by atoms with Crippen LogP contribution in [0.5, 0.6) is 5.75 Å². The van der Waals surface area contributed by atoms with Crippen LogP contribution >= 0.6 is 11.6 Å². The van der Waals surface area contributed by atoms with Crippen molar-refractivity contribution < 1.29 is 28.5 Å². The van der Waals surface area contributed by atoms with Gasteiger partial charge in [-0.2, -0.15) is 0 Å². The predicted octanol–water partition coefficient (Wildman–Crippen LogP) is 5.08. The van der Waals surface area contributed by atoms with Crippen molar-refractivity contribution >= 4 is 28.3 Å². The Bertz CT molecular complexity index is 1350. The lowest BCUT2D eigenvalue weighted by Gasteiger charge is -2.27. The molecule has 0 fully saturated rings. The van der Waals surface area contributed by atoms with Gasteiger partial charge in [-0.15, -0.1) is 12.8 Å². The molecule has 3 aromatic rings. The van der Waals surface area contributed by atoms with Gasteiger partial charge in [-0.25, -0.2) is 8.78 Å². The SMILES string of the molecule is C#C.CC(C)(C)O.Cn1c(CC(=O)O)c(-c2ccc3c(c2Cl)CC(F)(F)CO3)c2ccccc2c1=O. The van der Waals surface area contributed by atoms with Crippen molar-refractivity contribution in [3.05, 3.63) is 63.0 Å². The number of carbonyl (C=O) groups is 1. The normalized spacial score (nSPS) is 13.8. The summed E-state index contributed by atoms with van der Waals surface area (Å²) in [5.74, 6) is -3.90. The summed E-state index contributed by atoms with van der Waals surface area (Å²) in [6.45, 7) is 4.51. The highest BCUT2D eigenvalue weighted by atomic mass is 35.5. The number of pyridine rings is 1. The van der Waals surface area contributed by atoms with Crippen LogP contribution in [0.4, 0.5) is 8.78 Å². The number of nitrogens with zero attached hydrogens (tertiary/aromatic N) is 1. The van der Waals surface area contributed by atoms with Crippen LogP contribution in [0.3, 0.4) is 0 Å². The Morgan fingerprint density at radius 2 is 1.72 bits per heavy atom. The highest BCUT2D eigenvalue weighted by Crippen LogP contribution is 2.44. The molecule has 1 aliphatic rings. The number of hydrogen-bond donors (Lipinski definition) is 2. The van der Waals surface area contributed by atoms with Gasteiger partial charge in [0.1, 0.15) is 5.75 Å². The van der Waals surface area contributed by atoms with Gasteiger partial charge in [-0.05, 0) is 44.4 Å². The monoisotopic (exact) mass is 519 g/mol. The molecular formula is C27H28ClF2NO5. The van der Waals surface area contributed by atoms with Crippen LogP contribution in [-0.2, 0) is 24.7 Å². The third kappa shape index (κ3) is 6.62. The van der Waals surface area contributed by atoms with Crippen molar-refractivity contribution in [1.29, 1.82) is 0 Å². The van der Waals surface area contributed by atoms with Crippen molar-refractivity contribution in [2.45, 2.75) is 45.1 Å². The van der Waals surface area contributed by atoms with Crippen LogP contribution in [0.1, 0.15) is 32.0 Å². The summed E-state index contributed by atoms with van der Waals surface area (Å²) in [4.78, 5) is 24.2. The van der Waals surface area contributed by atoms with Gasteiger partial charge in [0, 0.05) is 41.2 Å². The summed E-state index contributed by atoms with van der Waals surface area (Å²) >= 11 is 6.54. The average molecular weight is 520 g/mol. The highest BCUT2D eigenvalue weighted by Gasteiger charge is 2.37. The molecule has 0 unspecified atom stereocenters. The maximum absolute atomic E-state index is 13.9. The smallest absolute Gasteiger partial charge is 0.309 e.